The van der Waals surface area contributed by atoms with Crippen LogP contribution in [0.4, 0.5) is 0 Å². The molecule has 1 rings (SSSR count). The first-order valence-corrected chi connectivity index (χ1v) is 2.85. The molecule has 0 N–H and O–H groups in total. The molecule has 0 saturated carbocycles. The molecule has 0 aliphatic rings. The second kappa shape index (κ2) is 2.69. The summed E-state index contributed by atoms with van der Waals surface area (Å²) < 4.78 is 4.85. The van der Waals surface area contributed by atoms with Crippen molar-refractivity contribution < 1.29 is 4.74 Å². The Balaban J connectivity index is 2.94. The number of aromatic nitrogens is 1. The van der Waals surface area contributed by atoms with E-state index in [4.69, 9.17) is 16.3 Å². The van der Waals surface area contributed by atoms with Crippen LogP contribution in [0.3, 0.4) is 0 Å². The van der Waals surface area contributed by atoms with Crippen LogP contribution in [0.2, 0.25) is 5.02 Å². The maximum absolute atomic E-state index is 5.58. The zero-order valence-corrected chi connectivity index (χ0v) is 5.72. The molecule has 0 bridgehead atoms. The lowest BCUT2D eigenvalue weighted by Gasteiger charge is -1.95. The Labute approximate surface area is 58.4 Å². The van der Waals surface area contributed by atoms with Crippen LogP contribution in [0, 0.1) is 0 Å². The molecule has 0 aromatic carbocycles. The van der Waals surface area contributed by atoms with Gasteiger partial charge in [-0.05, 0) is 0 Å². The predicted molar refractivity (Wildman–Crippen MR) is 35.8 cm³/mol. The average molecular weight is 144 g/mol. The van der Waals surface area contributed by atoms with Crippen molar-refractivity contribution in [1.29, 1.82) is 0 Å². The molecule has 0 spiro atoms. The number of nitrogens with zero attached hydrogens (tertiary/aromatic N) is 1. The van der Waals surface area contributed by atoms with Gasteiger partial charge in [0.2, 0.25) is 0 Å². The van der Waals surface area contributed by atoms with Crippen LogP contribution < -0.4 is 4.74 Å². The SMILES string of the molecule is COc1cncc(Cl)c1. The summed E-state index contributed by atoms with van der Waals surface area (Å²) in [6.07, 6.45) is 3.16. The topological polar surface area (TPSA) is 22.1 Å². The van der Waals surface area contributed by atoms with Crippen molar-refractivity contribution in [2.75, 3.05) is 7.11 Å². The molecular formula is C6H6ClNO. The van der Waals surface area contributed by atoms with E-state index in [0.717, 1.165) is 0 Å². The Morgan fingerprint density at radius 3 is 2.78 bits per heavy atom. The van der Waals surface area contributed by atoms with E-state index < -0.39 is 0 Å². The number of hydrogen-bond donors (Lipinski definition) is 0. The van der Waals surface area contributed by atoms with Crippen molar-refractivity contribution in [3.05, 3.63) is 23.5 Å². The van der Waals surface area contributed by atoms with Gasteiger partial charge in [0.1, 0.15) is 5.75 Å². The summed E-state index contributed by atoms with van der Waals surface area (Å²) in [5.74, 6) is 0.683. The first kappa shape index (κ1) is 6.36. The third kappa shape index (κ3) is 1.57. The van der Waals surface area contributed by atoms with Crippen LogP contribution in [-0.2, 0) is 0 Å². The first-order chi connectivity index (χ1) is 4.33. The van der Waals surface area contributed by atoms with Gasteiger partial charge in [-0.3, -0.25) is 4.98 Å². The molecule has 1 heterocycles. The van der Waals surface area contributed by atoms with Gasteiger partial charge in [0.05, 0.1) is 18.3 Å². The molecule has 1 aromatic heterocycles. The van der Waals surface area contributed by atoms with Crippen LogP contribution in [0.15, 0.2) is 18.5 Å². The Morgan fingerprint density at radius 2 is 2.33 bits per heavy atom. The number of hydrogen-bond acceptors (Lipinski definition) is 2. The van der Waals surface area contributed by atoms with Crippen LogP contribution in [0.5, 0.6) is 5.75 Å². The number of rotatable bonds is 1. The molecule has 0 radical (unpaired) electrons. The third-order valence-corrected chi connectivity index (χ3v) is 1.12. The Hall–Kier alpha value is -0.760. The highest BCUT2D eigenvalue weighted by atomic mass is 35.5. The van der Waals surface area contributed by atoms with Crippen molar-refractivity contribution in [2.45, 2.75) is 0 Å². The van der Waals surface area contributed by atoms with E-state index in [-0.39, 0.29) is 0 Å². The minimum Gasteiger partial charge on any atom is -0.495 e. The fourth-order valence-corrected chi connectivity index (χ4v) is 0.668. The van der Waals surface area contributed by atoms with Crippen LogP contribution in [-0.4, -0.2) is 12.1 Å². The molecule has 48 valence electrons. The van der Waals surface area contributed by atoms with Gasteiger partial charge in [-0.2, -0.15) is 0 Å². The van der Waals surface area contributed by atoms with Crippen molar-refractivity contribution in [2.24, 2.45) is 0 Å². The molecule has 0 saturated heterocycles. The highest BCUT2D eigenvalue weighted by molar-refractivity contribution is 6.30. The van der Waals surface area contributed by atoms with E-state index in [0.29, 0.717) is 10.8 Å². The maximum Gasteiger partial charge on any atom is 0.138 e. The second-order valence-electron chi connectivity index (χ2n) is 1.54. The van der Waals surface area contributed by atoms with Gasteiger partial charge in [0.25, 0.3) is 0 Å². The lowest BCUT2D eigenvalue weighted by molar-refractivity contribution is 0.413. The summed E-state index contributed by atoms with van der Waals surface area (Å²) in [6.45, 7) is 0. The average Bonchev–Trinajstić information content (AvgIpc) is 1.88. The summed E-state index contributed by atoms with van der Waals surface area (Å²) in [7, 11) is 1.58. The summed E-state index contributed by atoms with van der Waals surface area (Å²) in [5.41, 5.74) is 0. The van der Waals surface area contributed by atoms with Crippen molar-refractivity contribution in [1.82, 2.24) is 4.98 Å². The Morgan fingerprint density at radius 1 is 1.56 bits per heavy atom. The molecule has 0 fully saturated rings. The van der Waals surface area contributed by atoms with Gasteiger partial charge in [-0.1, -0.05) is 11.6 Å². The van der Waals surface area contributed by atoms with Crippen LogP contribution in [0.1, 0.15) is 0 Å². The lowest BCUT2D eigenvalue weighted by atomic mass is 10.5. The van der Waals surface area contributed by atoms with Crippen LogP contribution in [0.25, 0.3) is 0 Å². The summed E-state index contributed by atoms with van der Waals surface area (Å²) >= 11 is 5.58. The lowest BCUT2D eigenvalue weighted by Crippen LogP contribution is -1.82. The van der Waals surface area contributed by atoms with E-state index in [1.165, 1.54) is 0 Å². The Bertz CT molecular complexity index is 202. The number of pyridine rings is 1. The smallest absolute Gasteiger partial charge is 0.138 e. The van der Waals surface area contributed by atoms with Crippen LogP contribution >= 0.6 is 11.6 Å². The second-order valence-corrected chi connectivity index (χ2v) is 1.98. The van der Waals surface area contributed by atoms with Gasteiger partial charge in [-0.25, -0.2) is 0 Å². The fourth-order valence-electron chi connectivity index (χ4n) is 0.504. The molecule has 0 aliphatic heterocycles. The van der Waals surface area contributed by atoms with Crippen molar-refractivity contribution in [3.8, 4) is 5.75 Å². The summed E-state index contributed by atoms with van der Waals surface area (Å²) in [5, 5.41) is 0.592. The van der Waals surface area contributed by atoms with Gasteiger partial charge >= 0.3 is 0 Å². The van der Waals surface area contributed by atoms with E-state index in [1.54, 1.807) is 25.6 Å². The predicted octanol–water partition coefficient (Wildman–Crippen LogP) is 1.74. The zero-order valence-electron chi connectivity index (χ0n) is 4.97. The van der Waals surface area contributed by atoms with E-state index in [1.807, 2.05) is 0 Å². The van der Waals surface area contributed by atoms with Gasteiger partial charge in [0, 0.05) is 12.3 Å². The highest BCUT2D eigenvalue weighted by Crippen LogP contribution is 2.13. The molecular weight excluding hydrogens is 138 g/mol. The van der Waals surface area contributed by atoms with Crippen molar-refractivity contribution >= 4 is 11.6 Å². The molecule has 9 heavy (non-hydrogen) atoms. The van der Waals surface area contributed by atoms with E-state index in [9.17, 15) is 0 Å². The molecule has 0 aliphatic carbocycles. The number of halogens is 1. The molecule has 0 unspecified atom stereocenters. The van der Waals surface area contributed by atoms with Gasteiger partial charge in [0.15, 0.2) is 0 Å². The molecule has 0 amide bonds. The van der Waals surface area contributed by atoms with E-state index in [2.05, 4.69) is 4.98 Å². The quantitative estimate of drug-likeness (QED) is 0.598. The maximum atomic E-state index is 5.58. The van der Waals surface area contributed by atoms with E-state index >= 15 is 0 Å². The standard InChI is InChI=1S/C6H6ClNO/c1-9-6-2-5(7)3-8-4-6/h2-4H,1H3. The highest BCUT2D eigenvalue weighted by Gasteiger charge is 1.89. The molecule has 2 nitrogen and oxygen atoms in total. The summed E-state index contributed by atoms with van der Waals surface area (Å²) in [6, 6.07) is 1.70. The van der Waals surface area contributed by atoms with Gasteiger partial charge < -0.3 is 4.74 Å². The zero-order chi connectivity index (χ0) is 6.69. The molecule has 1 aromatic rings. The summed E-state index contributed by atoms with van der Waals surface area (Å²) in [4.78, 5) is 3.80. The largest absolute Gasteiger partial charge is 0.495 e. The monoisotopic (exact) mass is 143 g/mol. The minimum absolute atomic E-state index is 0.592. The van der Waals surface area contributed by atoms with Gasteiger partial charge in [-0.15, -0.1) is 0 Å². The molecule has 3 heteroatoms. The number of ether oxygens (including phenoxy) is 1. The normalized spacial score (nSPS) is 9.11. The number of methoxy groups -OCH3 is 1. The minimum atomic E-state index is 0.592. The first-order valence-electron chi connectivity index (χ1n) is 2.47. The molecule has 0 atom stereocenters. The fraction of sp³-hybridized carbons (Fsp3) is 0.167. The Kier molecular flexibility index (Phi) is 1.90. The van der Waals surface area contributed by atoms with Crippen molar-refractivity contribution in [3.63, 3.8) is 0 Å². The third-order valence-electron chi connectivity index (χ3n) is 0.915.